The number of hydrogen-bond acceptors (Lipinski definition) is 2. The third-order valence-electron chi connectivity index (χ3n) is 5.14. The topological polar surface area (TPSA) is 77.8 Å². The number of aryl methyl sites for hydroxylation is 2. The highest BCUT2D eigenvalue weighted by Crippen LogP contribution is 2.37. The second-order valence-corrected chi connectivity index (χ2v) is 7.04. The molecule has 0 unspecified atom stereocenters. The van der Waals surface area contributed by atoms with Gasteiger partial charge in [0, 0.05) is 45.3 Å². The second kappa shape index (κ2) is 5.45. The third kappa shape index (κ3) is 2.25. The first-order valence-electron chi connectivity index (χ1n) is 8.79. The Morgan fingerprint density at radius 1 is 0.667 bits per heavy atom. The van der Waals surface area contributed by atoms with Gasteiger partial charge in [-0.2, -0.15) is 0 Å². The van der Waals surface area contributed by atoms with Crippen molar-refractivity contribution in [3.05, 3.63) is 71.0 Å². The van der Waals surface area contributed by atoms with Crippen molar-refractivity contribution in [2.45, 2.75) is 13.8 Å². The van der Waals surface area contributed by atoms with Crippen molar-refractivity contribution in [3.8, 4) is 0 Å². The average molecular weight is 355 g/mol. The van der Waals surface area contributed by atoms with Crippen LogP contribution in [-0.4, -0.2) is 21.8 Å². The zero-order chi connectivity index (χ0) is 18.7. The number of carbonyl (C=O) groups is 2. The van der Waals surface area contributed by atoms with Crippen molar-refractivity contribution < 1.29 is 9.59 Å². The van der Waals surface area contributed by atoms with Crippen LogP contribution in [0.25, 0.3) is 33.0 Å². The summed E-state index contributed by atoms with van der Waals surface area (Å²) in [5.74, 6) is -0.726. The molecule has 1 aliphatic heterocycles. The van der Waals surface area contributed by atoms with Crippen LogP contribution in [0.2, 0.25) is 0 Å². The van der Waals surface area contributed by atoms with E-state index in [2.05, 4.69) is 15.3 Å². The minimum atomic E-state index is -0.363. The summed E-state index contributed by atoms with van der Waals surface area (Å²) in [5, 5.41) is 4.32. The Hall–Kier alpha value is -3.60. The van der Waals surface area contributed by atoms with Crippen molar-refractivity contribution in [2.75, 3.05) is 0 Å². The summed E-state index contributed by atoms with van der Waals surface area (Å²) in [7, 11) is 0. The predicted octanol–water partition coefficient (Wildman–Crippen LogP) is 3.83. The molecule has 27 heavy (non-hydrogen) atoms. The lowest BCUT2D eigenvalue weighted by Crippen LogP contribution is -2.22. The maximum Gasteiger partial charge on any atom is 0.259 e. The summed E-state index contributed by atoms with van der Waals surface area (Å²) in [4.78, 5) is 31.8. The van der Waals surface area contributed by atoms with Gasteiger partial charge in [-0.25, -0.2) is 0 Å². The molecule has 0 bridgehead atoms. The van der Waals surface area contributed by atoms with Gasteiger partial charge in [-0.1, -0.05) is 24.3 Å². The highest BCUT2D eigenvalue weighted by Gasteiger charge is 2.34. The molecule has 132 valence electrons. The molecule has 0 fully saturated rings. The molecule has 5 heteroatoms. The summed E-state index contributed by atoms with van der Waals surface area (Å²) >= 11 is 0. The molecule has 4 aromatic rings. The van der Waals surface area contributed by atoms with Crippen LogP contribution in [0.4, 0.5) is 0 Å². The fraction of sp³-hybridized carbons (Fsp3) is 0.0909. The van der Waals surface area contributed by atoms with Gasteiger partial charge in [-0.05, 0) is 37.1 Å². The number of hydrogen-bond donors (Lipinski definition) is 3. The molecule has 2 aromatic carbocycles. The standard InChI is InChI=1S/C22H17N3O2/c1-11-3-5-13-15(9-23-17(13)7-11)19-20(22(27)25-21(19)26)16-10-24-18-8-12(2)4-6-14(16)18/h3-10,23-24H,1-2H3,(H,25,26,27). The summed E-state index contributed by atoms with van der Waals surface area (Å²) in [5.41, 5.74) is 6.45. The van der Waals surface area contributed by atoms with Gasteiger partial charge in [-0.3, -0.25) is 14.9 Å². The van der Waals surface area contributed by atoms with E-state index in [1.54, 1.807) is 12.4 Å². The number of imide groups is 1. The molecule has 3 heterocycles. The Bertz CT molecular complexity index is 1200. The van der Waals surface area contributed by atoms with E-state index < -0.39 is 0 Å². The monoisotopic (exact) mass is 355 g/mol. The Balaban J connectivity index is 1.82. The van der Waals surface area contributed by atoms with Crippen LogP contribution >= 0.6 is 0 Å². The molecule has 1 aliphatic rings. The SMILES string of the molecule is Cc1ccc2c(C3=C(c4c[nH]c5cc(C)ccc45)C(=O)NC3=O)c[nH]c2c1. The first-order valence-corrected chi connectivity index (χ1v) is 8.79. The highest BCUT2D eigenvalue weighted by atomic mass is 16.2. The average Bonchev–Trinajstić information content (AvgIpc) is 3.29. The Kier molecular flexibility index (Phi) is 3.15. The number of rotatable bonds is 2. The number of H-pyrrole nitrogens is 2. The molecule has 0 aliphatic carbocycles. The van der Waals surface area contributed by atoms with Crippen LogP contribution < -0.4 is 5.32 Å². The van der Waals surface area contributed by atoms with E-state index in [4.69, 9.17) is 0 Å². The fourth-order valence-corrected chi connectivity index (χ4v) is 3.86. The predicted molar refractivity (Wildman–Crippen MR) is 106 cm³/mol. The van der Waals surface area contributed by atoms with Crippen LogP contribution in [0.1, 0.15) is 22.3 Å². The van der Waals surface area contributed by atoms with E-state index in [0.717, 1.165) is 44.1 Å². The quantitative estimate of drug-likeness (QED) is 0.478. The second-order valence-electron chi connectivity index (χ2n) is 7.04. The normalized spacial score (nSPS) is 14.6. The molecular formula is C22H17N3O2. The number of amides is 2. The lowest BCUT2D eigenvalue weighted by atomic mass is 9.95. The van der Waals surface area contributed by atoms with Crippen molar-refractivity contribution >= 4 is 44.8 Å². The van der Waals surface area contributed by atoms with Crippen molar-refractivity contribution in [3.63, 3.8) is 0 Å². The Labute approximate surface area is 155 Å². The molecular weight excluding hydrogens is 338 g/mol. The summed E-state index contributed by atoms with van der Waals surface area (Å²) in [6, 6.07) is 12.0. The number of benzene rings is 2. The molecule has 0 saturated heterocycles. The van der Waals surface area contributed by atoms with E-state index in [-0.39, 0.29) is 11.8 Å². The van der Waals surface area contributed by atoms with Gasteiger partial charge in [-0.15, -0.1) is 0 Å². The molecule has 5 nitrogen and oxygen atoms in total. The fourth-order valence-electron chi connectivity index (χ4n) is 3.86. The molecule has 2 aromatic heterocycles. The van der Waals surface area contributed by atoms with Gasteiger partial charge in [0.25, 0.3) is 11.8 Å². The van der Waals surface area contributed by atoms with Gasteiger partial charge in [0.15, 0.2) is 0 Å². The molecule has 0 saturated carbocycles. The van der Waals surface area contributed by atoms with Crippen LogP contribution in [0, 0.1) is 13.8 Å². The largest absolute Gasteiger partial charge is 0.361 e. The molecule has 5 rings (SSSR count). The zero-order valence-electron chi connectivity index (χ0n) is 14.9. The summed E-state index contributed by atoms with van der Waals surface area (Å²) in [6.45, 7) is 4.04. The Morgan fingerprint density at radius 3 is 1.56 bits per heavy atom. The van der Waals surface area contributed by atoms with Gasteiger partial charge in [0.1, 0.15) is 0 Å². The maximum absolute atomic E-state index is 12.7. The molecule has 2 amide bonds. The van der Waals surface area contributed by atoms with E-state index in [1.807, 2.05) is 50.2 Å². The minimum absolute atomic E-state index is 0.363. The zero-order valence-corrected chi connectivity index (χ0v) is 14.9. The van der Waals surface area contributed by atoms with Gasteiger partial charge in [0.05, 0.1) is 11.1 Å². The molecule has 0 atom stereocenters. The van der Waals surface area contributed by atoms with Crippen LogP contribution in [0.3, 0.4) is 0 Å². The summed E-state index contributed by atoms with van der Waals surface area (Å²) < 4.78 is 0. The van der Waals surface area contributed by atoms with Crippen LogP contribution in [0.5, 0.6) is 0 Å². The number of fused-ring (bicyclic) bond motifs is 2. The van der Waals surface area contributed by atoms with E-state index in [0.29, 0.717) is 11.1 Å². The van der Waals surface area contributed by atoms with E-state index >= 15 is 0 Å². The van der Waals surface area contributed by atoms with E-state index in [1.165, 1.54) is 0 Å². The van der Waals surface area contributed by atoms with Crippen LogP contribution in [0.15, 0.2) is 48.8 Å². The van der Waals surface area contributed by atoms with Crippen molar-refractivity contribution in [2.24, 2.45) is 0 Å². The van der Waals surface area contributed by atoms with Crippen LogP contribution in [-0.2, 0) is 9.59 Å². The van der Waals surface area contributed by atoms with Gasteiger partial charge < -0.3 is 9.97 Å². The smallest absolute Gasteiger partial charge is 0.259 e. The lowest BCUT2D eigenvalue weighted by Gasteiger charge is -2.03. The van der Waals surface area contributed by atoms with Crippen molar-refractivity contribution in [1.29, 1.82) is 0 Å². The van der Waals surface area contributed by atoms with E-state index in [9.17, 15) is 9.59 Å². The third-order valence-corrected chi connectivity index (χ3v) is 5.14. The summed E-state index contributed by atoms with van der Waals surface area (Å²) in [6.07, 6.45) is 3.60. The minimum Gasteiger partial charge on any atom is -0.361 e. The number of aromatic nitrogens is 2. The number of carbonyl (C=O) groups excluding carboxylic acids is 2. The first kappa shape index (κ1) is 15.6. The highest BCUT2D eigenvalue weighted by molar-refractivity contribution is 6.50. The van der Waals surface area contributed by atoms with Gasteiger partial charge in [0.2, 0.25) is 0 Å². The number of nitrogens with one attached hydrogen (secondary N) is 3. The molecule has 3 N–H and O–H groups in total. The maximum atomic E-state index is 12.7. The molecule has 0 radical (unpaired) electrons. The first-order chi connectivity index (χ1) is 13.0. The lowest BCUT2D eigenvalue weighted by molar-refractivity contribution is -0.122. The number of aromatic amines is 2. The Morgan fingerprint density at radius 2 is 1.11 bits per heavy atom. The molecule has 0 spiro atoms. The van der Waals surface area contributed by atoms with Gasteiger partial charge >= 0.3 is 0 Å². The van der Waals surface area contributed by atoms with Crippen molar-refractivity contribution in [1.82, 2.24) is 15.3 Å².